The zero-order valence-corrected chi connectivity index (χ0v) is 6.77. The molecule has 0 aromatic carbocycles. The number of rotatable bonds is 2. The molecule has 0 amide bonds. The average molecular weight is 144 g/mol. The van der Waals surface area contributed by atoms with Crippen LogP contribution in [0.4, 0.5) is 0 Å². The predicted molar refractivity (Wildman–Crippen MR) is 41.0 cm³/mol. The minimum Gasteiger partial charge on any atom is -0.396 e. The Kier molecular flexibility index (Phi) is 3.16. The van der Waals surface area contributed by atoms with Crippen LogP contribution in [0.3, 0.4) is 0 Å². The van der Waals surface area contributed by atoms with Crippen molar-refractivity contribution in [3.8, 4) is 0 Å². The van der Waals surface area contributed by atoms with E-state index in [2.05, 4.69) is 6.92 Å². The summed E-state index contributed by atoms with van der Waals surface area (Å²) in [5.74, 6) is 0.607. The molecule has 1 aliphatic heterocycles. The molecule has 10 heavy (non-hydrogen) atoms. The van der Waals surface area contributed by atoms with Gasteiger partial charge in [-0.1, -0.05) is 0 Å². The van der Waals surface area contributed by atoms with Gasteiger partial charge in [-0.25, -0.2) is 0 Å². The van der Waals surface area contributed by atoms with Gasteiger partial charge in [0.2, 0.25) is 0 Å². The van der Waals surface area contributed by atoms with Crippen LogP contribution in [0.2, 0.25) is 0 Å². The molecule has 1 rings (SSSR count). The van der Waals surface area contributed by atoms with Gasteiger partial charge in [0.25, 0.3) is 0 Å². The Labute approximate surface area is 62.8 Å². The Morgan fingerprint density at radius 2 is 2.00 bits per heavy atom. The standard InChI is InChI=1S/C8H17NO/c1-2-9-5-3-8(7-10)4-6-9/h8,10H,2-7H2,1H3/p+1. The molecule has 0 aliphatic carbocycles. The van der Waals surface area contributed by atoms with E-state index in [9.17, 15) is 0 Å². The van der Waals surface area contributed by atoms with Gasteiger partial charge in [0.05, 0.1) is 19.6 Å². The Hall–Kier alpha value is -0.0800. The molecule has 0 spiro atoms. The van der Waals surface area contributed by atoms with E-state index in [1.807, 2.05) is 0 Å². The monoisotopic (exact) mass is 144 g/mol. The number of aliphatic hydroxyl groups is 1. The van der Waals surface area contributed by atoms with Crippen molar-refractivity contribution in [2.75, 3.05) is 26.2 Å². The van der Waals surface area contributed by atoms with Gasteiger partial charge >= 0.3 is 0 Å². The molecule has 1 fully saturated rings. The first-order valence-corrected chi connectivity index (χ1v) is 4.31. The van der Waals surface area contributed by atoms with Crippen LogP contribution < -0.4 is 4.90 Å². The number of hydrogen-bond donors (Lipinski definition) is 2. The van der Waals surface area contributed by atoms with Crippen molar-refractivity contribution in [3.63, 3.8) is 0 Å². The van der Waals surface area contributed by atoms with Crippen molar-refractivity contribution in [1.29, 1.82) is 0 Å². The highest BCUT2D eigenvalue weighted by Gasteiger charge is 2.19. The second kappa shape index (κ2) is 3.94. The highest BCUT2D eigenvalue weighted by Crippen LogP contribution is 2.06. The summed E-state index contributed by atoms with van der Waals surface area (Å²) in [6.45, 7) is 6.41. The molecule has 0 saturated carbocycles. The fourth-order valence-electron chi connectivity index (χ4n) is 1.62. The van der Waals surface area contributed by atoms with Crippen molar-refractivity contribution >= 4 is 0 Å². The number of aliphatic hydroxyl groups excluding tert-OH is 1. The zero-order chi connectivity index (χ0) is 7.40. The van der Waals surface area contributed by atoms with Crippen LogP contribution in [-0.4, -0.2) is 31.3 Å². The van der Waals surface area contributed by atoms with E-state index in [4.69, 9.17) is 5.11 Å². The molecular weight excluding hydrogens is 126 g/mol. The van der Waals surface area contributed by atoms with Gasteiger partial charge in [-0.15, -0.1) is 0 Å². The minimum atomic E-state index is 0.400. The maximum absolute atomic E-state index is 8.84. The second-order valence-corrected chi connectivity index (χ2v) is 3.23. The highest BCUT2D eigenvalue weighted by molar-refractivity contribution is 4.59. The molecule has 2 nitrogen and oxygen atoms in total. The molecule has 60 valence electrons. The molecule has 1 saturated heterocycles. The van der Waals surface area contributed by atoms with Crippen LogP contribution >= 0.6 is 0 Å². The molecule has 1 heterocycles. The van der Waals surface area contributed by atoms with Gasteiger partial charge in [-0.3, -0.25) is 0 Å². The number of hydrogen-bond acceptors (Lipinski definition) is 1. The van der Waals surface area contributed by atoms with Gasteiger partial charge in [-0.05, 0) is 12.8 Å². The van der Waals surface area contributed by atoms with E-state index >= 15 is 0 Å². The van der Waals surface area contributed by atoms with E-state index in [1.165, 1.54) is 32.5 Å². The lowest BCUT2D eigenvalue weighted by Crippen LogP contribution is -3.12. The lowest BCUT2D eigenvalue weighted by molar-refractivity contribution is -0.904. The van der Waals surface area contributed by atoms with Crippen LogP contribution in [-0.2, 0) is 0 Å². The van der Waals surface area contributed by atoms with Gasteiger partial charge in [-0.2, -0.15) is 0 Å². The fourth-order valence-corrected chi connectivity index (χ4v) is 1.62. The summed E-state index contributed by atoms with van der Waals surface area (Å²) in [6.07, 6.45) is 2.44. The minimum absolute atomic E-state index is 0.400. The number of likely N-dealkylation sites (tertiary alicyclic amines) is 1. The summed E-state index contributed by atoms with van der Waals surface area (Å²) in [4.78, 5) is 1.70. The molecule has 1 aliphatic rings. The maximum atomic E-state index is 8.84. The van der Waals surface area contributed by atoms with Gasteiger partial charge in [0, 0.05) is 19.4 Å². The van der Waals surface area contributed by atoms with Crippen LogP contribution in [0.15, 0.2) is 0 Å². The SMILES string of the molecule is CC[NH+]1CCC(CO)CC1. The third kappa shape index (κ3) is 1.96. The lowest BCUT2D eigenvalue weighted by Gasteiger charge is -2.26. The predicted octanol–water partition coefficient (Wildman–Crippen LogP) is -0.706. The van der Waals surface area contributed by atoms with E-state index in [0.29, 0.717) is 12.5 Å². The molecular formula is C8H18NO+. The van der Waals surface area contributed by atoms with Crippen molar-refractivity contribution in [2.45, 2.75) is 19.8 Å². The summed E-state index contributed by atoms with van der Waals surface area (Å²) in [7, 11) is 0. The van der Waals surface area contributed by atoms with Crippen LogP contribution in [0.5, 0.6) is 0 Å². The Morgan fingerprint density at radius 3 is 2.40 bits per heavy atom. The van der Waals surface area contributed by atoms with E-state index < -0.39 is 0 Å². The van der Waals surface area contributed by atoms with Gasteiger partial charge in [0.15, 0.2) is 0 Å². The Bertz CT molecular complexity index is 75.3. The van der Waals surface area contributed by atoms with E-state index in [-0.39, 0.29) is 0 Å². The third-order valence-corrected chi connectivity index (χ3v) is 2.57. The molecule has 0 radical (unpaired) electrons. The molecule has 0 aromatic rings. The van der Waals surface area contributed by atoms with Crippen molar-refractivity contribution in [3.05, 3.63) is 0 Å². The summed E-state index contributed by atoms with van der Waals surface area (Å²) in [6, 6.07) is 0. The van der Waals surface area contributed by atoms with Gasteiger partial charge < -0.3 is 10.0 Å². The number of piperidine rings is 1. The molecule has 0 atom stereocenters. The molecule has 0 aromatic heterocycles. The van der Waals surface area contributed by atoms with E-state index in [0.717, 1.165) is 0 Å². The average Bonchev–Trinajstić information content (AvgIpc) is 2.05. The molecule has 2 heteroatoms. The number of quaternary nitrogens is 1. The molecule has 0 bridgehead atoms. The van der Waals surface area contributed by atoms with Crippen molar-refractivity contribution < 1.29 is 10.0 Å². The Balaban J connectivity index is 2.17. The quantitative estimate of drug-likeness (QED) is 0.526. The van der Waals surface area contributed by atoms with Crippen molar-refractivity contribution in [2.24, 2.45) is 5.92 Å². The topological polar surface area (TPSA) is 24.7 Å². The van der Waals surface area contributed by atoms with Crippen LogP contribution in [0.25, 0.3) is 0 Å². The van der Waals surface area contributed by atoms with Crippen LogP contribution in [0, 0.1) is 5.92 Å². The first-order chi connectivity index (χ1) is 4.86. The normalized spacial score (nSPS) is 34.2. The largest absolute Gasteiger partial charge is 0.396 e. The van der Waals surface area contributed by atoms with Crippen LogP contribution in [0.1, 0.15) is 19.8 Å². The summed E-state index contributed by atoms with van der Waals surface area (Å²) >= 11 is 0. The Morgan fingerprint density at radius 1 is 1.40 bits per heavy atom. The van der Waals surface area contributed by atoms with Crippen molar-refractivity contribution in [1.82, 2.24) is 0 Å². The maximum Gasteiger partial charge on any atom is 0.0774 e. The first kappa shape index (κ1) is 8.02. The third-order valence-electron chi connectivity index (χ3n) is 2.57. The second-order valence-electron chi connectivity index (χ2n) is 3.23. The first-order valence-electron chi connectivity index (χ1n) is 4.31. The van der Waals surface area contributed by atoms with Gasteiger partial charge in [0.1, 0.15) is 0 Å². The summed E-state index contributed by atoms with van der Waals surface area (Å²) in [5, 5.41) is 8.84. The van der Waals surface area contributed by atoms with E-state index in [1.54, 1.807) is 4.90 Å². The summed E-state index contributed by atoms with van der Waals surface area (Å²) in [5.41, 5.74) is 0. The fraction of sp³-hybridized carbons (Fsp3) is 1.00. The molecule has 0 unspecified atom stereocenters. The summed E-state index contributed by atoms with van der Waals surface area (Å²) < 4.78 is 0. The highest BCUT2D eigenvalue weighted by atomic mass is 16.3. The number of nitrogens with one attached hydrogen (secondary N) is 1. The smallest absolute Gasteiger partial charge is 0.0774 e. The zero-order valence-electron chi connectivity index (χ0n) is 6.77. The molecule has 2 N–H and O–H groups in total. The lowest BCUT2D eigenvalue weighted by atomic mass is 9.98.